The maximum Gasteiger partial charge on any atom is 0.306 e. The molecule has 0 spiro atoms. The van der Waals surface area contributed by atoms with Gasteiger partial charge in [0.25, 0.3) is 0 Å². The van der Waals surface area contributed by atoms with Crippen molar-refractivity contribution in [3.63, 3.8) is 0 Å². The monoisotopic (exact) mass is 233 g/mol. The van der Waals surface area contributed by atoms with E-state index in [2.05, 4.69) is 11.1 Å². The van der Waals surface area contributed by atoms with Crippen molar-refractivity contribution >= 4 is 5.97 Å². The van der Waals surface area contributed by atoms with Crippen LogP contribution in [0.5, 0.6) is 0 Å². The first-order chi connectivity index (χ1) is 8.20. The van der Waals surface area contributed by atoms with Crippen LogP contribution in [0.1, 0.15) is 44.1 Å². The van der Waals surface area contributed by atoms with Gasteiger partial charge in [-0.15, -0.1) is 0 Å². The van der Waals surface area contributed by atoms with Crippen molar-refractivity contribution in [2.75, 3.05) is 0 Å². The van der Waals surface area contributed by atoms with E-state index in [-0.39, 0.29) is 11.8 Å². The molecule has 3 nitrogen and oxygen atoms in total. The molecule has 1 aromatic rings. The maximum absolute atomic E-state index is 11.2. The lowest BCUT2D eigenvalue weighted by molar-refractivity contribution is -0.143. The Hall–Kier alpha value is -1.38. The van der Waals surface area contributed by atoms with Crippen LogP contribution in [0.25, 0.3) is 0 Å². The molecule has 1 aliphatic rings. The van der Waals surface area contributed by atoms with Crippen LogP contribution < -0.4 is 0 Å². The lowest BCUT2D eigenvalue weighted by atomic mass is 9.70. The Balaban J connectivity index is 2.21. The molecule has 1 aromatic heterocycles. The Morgan fingerprint density at radius 3 is 2.88 bits per heavy atom. The average molecular weight is 233 g/mol. The third kappa shape index (κ3) is 2.65. The van der Waals surface area contributed by atoms with Crippen molar-refractivity contribution in [3.05, 3.63) is 30.1 Å². The largest absolute Gasteiger partial charge is 0.481 e. The summed E-state index contributed by atoms with van der Waals surface area (Å²) < 4.78 is 0. The summed E-state index contributed by atoms with van der Waals surface area (Å²) in [6.07, 6.45) is 8.11. The van der Waals surface area contributed by atoms with Crippen LogP contribution in [0.4, 0.5) is 0 Å². The zero-order chi connectivity index (χ0) is 12.3. The fourth-order valence-corrected chi connectivity index (χ4v) is 2.95. The second-order valence-electron chi connectivity index (χ2n) is 4.97. The van der Waals surface area contributed by atoms with Gasteiger partial charge in [0.05, 0.1) is 5.92 Å². The van der Waals surface area contributed by atoms with Gasteiger partial charge in [-0.3, -0.25) is 9.78 Å². The van der Waals surface area contributed by atoms with Gasteiger partial charge in [0, 0.05) is 12.4 Å². The average Bonchev–Trinajstić information content (AvgIpc) is 2.39. The topological polar surface area (TPSA) is 50.2 Å². The van der Waals surface area contributed by atoms with Gasteiger partial charge in [0.15, 0.2) is 0 Å². The lowest BCUT2D eigenvalue weighted by Crippen LogP contribution is -2.28. The summed E-state index contributed by atoms with van der Waals surface area (Å²) in [4.78, 5) is 15.3. The van der Waals surface area contributed by atoms with Crippen LogP contribution >= 0.6 is 0 Å². The lowest BCUT2D eigenvalue weighted by Gasteiger charge is -2.34. The number of hydrogen-bond acceptors (Lipinski definition) is 2. The highest BCUT2D eigenvalue weighted by Crippen LogP contribution is 2.41. The molecule has 0 radical (unpaired) electrons. The minimum Gasteiger partial charge on any atom is -0.481 e. The van der Waals surface area contributed by atoms with E-state index in [4.69, 9.17) is 0 Å². The predicted molar refractivity (Wildman–Crippen MR) is 65.7 cm³/mol. The molecule has 92 valence electrons. The summed E-state index contributed by atoms with van der Waals surface area (Å²) in [5.74, 6) is -0.319. The predicted octanol–water partition coefficient (Wildman–Crippen LogP) is 3.08. The van der Waals surface area contributed by atoms with Gasteiger partial charge < -0.3 is 5.11 Å². The van der Waals surface area contributed by atoms with Crippen LogP contribution in [0.2, 0.25) is 0 Å². The molecule has 0 bridgehead atoms. The van der Waals surface area contributed by atoms with Crippen LogP contribution in [0, 0.1) is 11.8 Å². The Kier molecular flexibility index (Phi) is 3.77. The van der Waals surface area contributed by atoms with E-state index < -0.39 is 5.97 Å². The first-order valence-electron chi connectivity index (χ1n) is 6.33. The second kappa shape index (κ2) is 5.30. The fraction of sp³-hybridized carbons (Fsp3) is 0.571. The van der Waals surface area contributed by atoms with Gasteiger partial charge >= 0.3 is 5.97 Å². The molecule has 0 amide bonds. The Morgan fingerprint density at radius 1 is 1.47 bits per heavy atom. The number of carboxylic acids is 1. The summed E-state index contributed by atoms with van der Waals surface area (Å²) >= 11 is 0. The Bertz CT molecular complexity index is 377. The molecule has 1 fully saturated rings. The minimum absolute atomic E-state index is 0.255. The number of nitrogens with zero attached hydrogens (tertiary/aromatic N) is 1. The first-order valence-corrected chi connectivity index (χ1v) is 6.33. The molecule has 2 rings (SSSR count). The summed E-state index contributed by atoms with van der Waals surface area (Å²) in [6.45, 7) is 1.84. The molecule has 0 aromatic carbocycles. The number of hydrogen-bond donors (Lipinski definition) is 1. The second-order valence-corrected chi connectivity index (χ2v) is 4.97. The van der Waals surface area contributed by atoms with Crippen molar-refractivity contribution in [2.45, 2.75) is 38.5 Å². The SMILES string of the molecule is CC(C(=O)O)C1CCCCC1c1cccnc1. The molecule has 1 aliphatic carbocycles. The molecule has 1 N–H and O–H groups in total. The number of carboxylic acid groups (broad SMARTS) is 1. The molecular formula is C14H19NO2. The zero-order valence-electron chi connectivity index (χ0n) is 10.2. The van der Waals surface area contributed by atoms with Gasteiger partial charge in [-0.25, -0.2) is 0 Å². The van der Waals surface area contributed by atoms with Crippen LogP contribution in [0.3, 0.4) is 0 Å². The molecule has 3 atom stereocenters. The third-order valence-electron chi connectivity index (χ3n) is 3.96. The van der Waals surface area contributed by atoms with E-state index in [1.165, 1.54) is 12.0 Å². The number of aliphatic carboxylic acids is 1. The quantitative estimate of drug-likeness (QED) is 0.872. The molecule has 17 heavy (non-hydrogen) atoms. The summed E-state index contributed by atoms with van der Waals surface area (Å²) in [7, 11) is 0. The standard InChI is InChI=1S/C14H19NO2/c1-10(14(16)17)12-6-2-3-7-13(12)11-5-4-8-15-9-11/h4-5,8-10,12-13H,2-3,6-7H2,1H3,(H,16,17). The van der Waals surface area contributed by atoms with Gasteiger partial charge in [0.1, 0.15) is 0 Å². The number of carbonyl (C=O) groups is 1. The normalized spacial score (nSPS) is 26.4. The van der Waals surface area contributed by atoms with E-state index in [0.717, 1.165) is 19.3 Å². The van der Waals surface area contributed by atoms with Crippen molar-refractivity contribution < 1.29 is 9.90 Å². The number of pyridine rings is 1. The van der Waals surface area contributed by atoms with Gasteiger partial charge in [-0.1, -0.05) is 25.8 Å². The molecule has 0 aliphatic heterocycles. The molecule has 1 saturated carbocycles. The molecule has 0 saturated heterocycles. The van der Waals surface area contributed by atoms with Crippen LogP contribution in [-0.4, -0.2) is 16.1 Å². The van der Waals surface area contributed by atoms with E-state index in [1.807, 2.05) is 19.2 Å². The van der Waals surface area contributed by atoms with Gasteiger partial charge in [-0.2, -0.15) is 0 Å². The maximum atomic E-state index is 11.2. The highest BCUT2D eigenvalue weighted by Gasteiger charge is 2.33. The van der Waals surface area contributed by atoms with Crippen molar-refractivity contribution in [3.8, 4) is 0 Å². The number of aromatic nitrogens is 1. The fourth-order valence-electron chi connectivity index (χ4n) is 2.95. The van der Waals surface area contributed by atoms with Crippen molar-refractivity contribution in [1.29, 1.82) is 0 Å². The minimum atomic E-state index is -0.675. The van der Waals surface area contributed by atoms with E-state index in [1.54, 1.807) is 6.20 Å². The summed E-state index contributed by atoms with van der Waals surface area (Å²) in [6, 6.07) is 4.01. The highest BCUT2D eigenvalue weighted by molar-refractivity contribution is 5.70. The number of rotatable bonds is 3. The third-order valence-corrected chi connectivity index (χ3v) is 3.96. The van der Waals surface area contributed by atoms with Gasteiger partial charge in [-0.05, 0) is 36.3 Å². The molecular weight excluding hydrogens is 214 g/mol. The summed E-state index contributed by atoms with van der Waals surface area (Å²) in [5, 5.41) is 9.18. The van der Waals surface area contributed by atoms with E-state index in [0.29, 0.717) is 5.92 Å². The van der Waals surface area contributed by atoms with Crippen LogP contribution in [0.15, 0.2) is 24.5 Å². The van der Waals surface area contributed by atoms with E-state index in [9.17, 15) is 9.90 Å². The Labute approximate surface area is 102 Å². The van der Waals surface area contributed by atoms with Crippen molar-refractivity contribution in [2.24, 2.45) is 11.8 Å². The van der Waals surface area contributed by atoms with E-state index >= 15 is 0 Å². The first kappa shape index (κ1) is 12.1. The molecule has 3 heteroatoms. The highest BCUT2D eigenvalue weighted by atomic mass is 16.4. The smallest absolute Gasteiger partial charge is 0.306 e. The van der Waals surface area contributed by atoms with Crippen molar-refractivity contribution in [1.82, 2.24) is 4.98 Å². The summed E-state index contributed by atoms with van der Waals surface area (Å²) in [5.41, 5.74) is 1.20. The molecule has 3 unspecified atom stereocenters. The van der Waals surface area contributed by atoms with Gasteiger partial charge in [0.2, 0.25) is 0 Å². The van der Waals surface area contributed by atoms with Crippen LogP contribution in [-0.2, 0) is 4.79 Å². The molecule has 1 heterocycles. The Morgan fingerprint density at radius 2 is 2.24 bits per heavy atom. The zero-order valence-corrected chi connectivity index (χ0v) is 10.2.